The summed E-state index contributed by atoms with van der Waals surface area (Å²) in [7, 11) is 0. The van der Waals surface area contributed by atoms with Crippen LogP contribution in [0, 0.1) is 0 Å². The number of nitrogens with zero attached hydrogens (tertiary/aromatic N) is 5. The Hall–Kier alpha value is -1.76. The maximum atomic E-state index is 5.74. The summed E-state index contributed by atoms with van der Waals surface area (Å²) in [6.07, 6.45) is 2.22. The first kappa shape index (κ1) is 23.9. The molecule has 1 aliphatic heterocycles. The number of thiophene rings is 1. The third-order valence-electron chi connectivity index (χ3n) is 5.15. The summed E-state index contributed by atoms with van der Waals surface area (Å²) in [6, 6.07) is 10.5. The normalized spacial score (nSPS) is 18.5. The van der Waals surface area contributed by atoms with Crippen molar-refractivity contribution in [2.75, 3.05) is 32.8 Å². The van der Waals surface area contributed by atoms with Crippen molar-refractivity contribution in [1.82, 2.24) is 30.1 Å². The Morgan fingerprint density at radius 3 is 2.97 bits per heavy atom. The largest absolute Gasteiger partial charge is 0.376 e. The van der Waals surface area contributed by atoms with Crippen LogP contribution in [0.1, 0.15) is 30.6 Å². The molecule has 4 heterocycles. The SMILES string of the molecule is CCNC(=NCc1nnc2ccccn12)NCC(c1cccs1)N1CCOC(C)C1.I. The lowest BCUT2D eigenvalue weighted by atomic mass is 10.1. The van der Waals surface area contributed by atoms with E-state index in [1.54, 1.807) is 11.3 Å². The van der Waals surface area contributed by atoms with Crippen molar-refractivity contribution >= 4 is 46.9 Å². The van der Waals surface area contributed by atoms with Crippen LogP contribution in [0.5, 0.6) is 0 Å². The molecule has 31 heavy (non-hydrogen) atoms. The van der Waals surface area contributed by atoms with Crippen molar-refractivity contribution in [1.29, 1.82) is 0 Å². The fraction of sp³-hybridized carbons (Fsp3) is 0.476. The lowest BCUT2D eigenvalue weighted by Gasteiger charge is -2.37. The van der Waals surface area contributed by atoms with Crippen LogP contribution in [0.15, 0.2) is 46.9 Å². The molecule has 10 heteroatoms. The van der Waals surface area contributed by atoms with Crippen molar-refractivity contribution < 1.29 is 4.74 Å². The van der Waals surface area contributed by atoms with E-state index in [-0.39, 0.29) is 36.1 Å². The number of nitrogens with one attached hydrogen (secondary N) is 2. The first-order chi connectivity index (χ1) is 14.7. The van der Waals surface area contributed by atoms with Gasteiger partial charge in [0, 0.05) is 37.3 Å². The van der Waals surface area contributed by atoms with E-state index < -0.39 is 0 Å². The minimum atomic E-state index is 0. The van der Waals surface area contributed by atoms with E-state index in [1.807, 2.05) is 28.8 Å². The van der Waals surface area contributed by atoms with Crippen LogP contribution in [0.3, 0.4) is 0 Å². The number of fused-ring (bicyclic) bond motifs is 1. The Kier molecular flexibility index (Phi) is 9.05. The van der Waals surface area contributed by atoms with Gasteiger partial charge in [-0.05, 0) is 37.4 Å². The van der Waals surface area contributed by atoms with E-state index in [0.717, 1.165) is 50.2 Å². The van der Waals surface area contributed by atoms with Gasteiger partial charge in [-0.2, -0.15) is 0 Å². The molecular formula is C21H30IN7OS. The molecule has 0 radical (unpaired) electrons. The van der Waals surface area contributed by atoms with Crippen LogP contribution < -0.4 is 10.6 Å². The van der Waals surface area contributed by atoms with Crippen molar-refractivity contribution in [3.8, 4) is 0 Å². The Morgan fingerprint density at radius 2 is 2.19 bits per heavy atom. The number of hydrogen-bond acceptors (Lipinski definition) is 6. The van der Waals surface area contributed by atoms with Crippen molar-refractivity contribution in [2.24, 2.45) is 4.99 Å². The van der Waals surface area contributed by atoms with Crippen LogP contribution in [0.2, 0.25) is 0 Å². The molecule has 0 aromatic carbocycles. The van der Waals surface area contributed by atoms with E-state index in [4.69, 9.17) is 9.73 Å². The van der Waals surface area contributed by atoms with Gasteiger partial charge in [-0.15, -0.1) is 45.5 Å². The average molecular weight is 555 g/mol. The van der Waals surface area contributed by atoms with E-state index in [0.29, 0.717) is 6.54 Å². The van der Waals surface area contributed by atoms with Gasteiger partial charge >= 0.3 is 0 Å². The van der Waals surface area contributed by atoms with Gasteiger partial charge in [0.25, 0.3) is 0 Å². The van der Waals surface area contributed by atoms with Gasteiger partial charge in [0.05, 0.1) is 18.8 Å². The second-order valence-corrected chi connectivity index (χ2v) is 8.31. The summed E-state index contributed by atoms with van der Waals surface area (Å²) in [5, 5.41) is 17.5. The Labute approximate surface area is 204 Å². The molecule has 0 saturated carbocycles. The topological polar surface area (TPSA) is 79.1 Å². The Morgan fingerprint density at radius 1 is 1.29 bits per heavy atom. The number of guanidine groups is 1. The molecule has 3 aromatic heterocycles. The molecule has 8 nitrogen and oxygen atoms in total. The average Bonchev–Trinajstić information content (AvgIpc) is 3.42. The molecule has 1 aliphatic rings. The summed E-state index contributed by atoms with van der Waals surface area (Å²) >= 11 is 1.80. The summed E-state index contributed by atoms with van der Waals surface area (Å²) in [4.78, 5) is 8.61. The van der Waals surface area contributed by atoms with Gasteiger partial charge in [-0.1, -0.05) is 12.1 Å². The molecule has 3 aromatic rings. The summed E-state index contributed by atoms with van der Waals surface area (Å²) < 4.78 is 7.71. The van der Waals surface area contributed by atoms with Gasteiger partial charge in [0.15, 0.2) is 17.4 Å². The highest BCUT2D eigenvalue weighted by atomic mass is 127. The fourth-order valence-corrected chi connectivity index (χ4v) is 4.56. The quantitative estimate of drug-likeness (QED) is 0.265. The smallest absolute Gasteiger partial charge is 0.191 e. The van der Waals surface area contributed by atoms with Crippen LogP contribution in [-0.4, -0.2) is 64.3 Å². The zero-order valence-corrected chi connectivity index (χ0v) is 21.0. The molecule has 0 aliphatic carbocycles. The van der Waals surface area contributed by atoms with Gasteiger partial charge < -0.3 is 15.4 Å². The van der Waals surface area contributed by atoms with Gasteiger partial charge in [-0.3, -0.25) is 9.30 Å². The van der Waals surface area contributed by atoms with Gasteiger partial charge in [-0.25, -0.2) is 4.99 Å². The number of morpholine rings is 1. The van der Waals surface area contributed by atoms with Crippen LogP contribution >= 0.6 is 35.3 Å². The van der Waals surface area contributed by atoms with Gasteiger partial charge in [0.2, 0.25) is 0 Å². The summed E-state index contributed by atoms with van der Waals surface area (Å²) in [5.41, 5.74) is 0.833. The Balaban J connectivity index is 0.00000272. The maximum absolute atomic E-state index is 5.74. The van der Waals surface area contributed by atoms with E-state index >= 15 is 0 Å². The minimum absolute atomic E-state index is 0. The van der Waals surface area contributed by atoms with Crippen molar-refractivity contribution in [2.45, 2.75) is 32.5 Å². The number of halogens is 1. The molecule has 168 valence electrons. The second kappa shape index (κ2) is 11.7. The Bertz CT molecular complexity index is 962. The van der Waals surface area contributed by atoms with Crippen LogP contribution in [-0.2, 0) is 11.3 Å². The number of ether oxygens (including phenoxy) is 1. The zero-order chi connectivity index (χ0) is 20.8. The number of aliphatic imine (C=N–C) groups is 1. The maximum Gasteiger partial charge on any atom is 0.191 e. The molecule has 2 unspecified atom stereocenters. The number of pyridine rings is 1. The standard InChI is InChI=1S/C21H29N7OS.HI/c1-3-22-21(24-14-20-26-25-19-8-4-5-9-28(19)20)23-13-17(18-7-6-12-30-18)27-10-11-29-16(2)15-27;/h4-9,12,16-17H,3,10-11,13-15H2,1-2H3,(H2,22,23,24);1H. The van der Waals surface area contributed by atoms with E-state index in [2.05, 4.69) is 57.1 Å². The predicted octanol–water partition coefficient (Wildman–Crippen LogP) is 2.93. The van der Waals surface area contributed by atoms with E-state index in [1.165, 1.54) is 4.88 Å². The monoisotopic (exact) mass is 555 g/mol. The van der Waals surface area contributed by atoms with Crippen molar-refractivity contribution in [3.63, 3.8) is 0 Å². The number of rotatable bonds is 7. The summed E-state index contributed by atoms with van der Waals surface area (Å²) in [6.45, 7) is 8.89. The molecule has 2 N–H and O–H groups in total. The fourth-order valence-electron chi connectivity index (χ4n) is 3.70. The highest BCUT2D eigenvalue weighted by molar-refractivity contribution is 14.0. The second-order valence-electron chi connectivity index (χ2n) is 7.33. The molecule has 1 fully saturated rings. The number of hydrogen-bond donors (Lipinski definition) is 2. The van der Waals surface area contributed by atoms with Crippen LogP contribution in [0.25, 0.3) is 5.65 Å². The highest BCUT2D eigenvalue weighted by Crippen LogP contribution is 2.26. The van der Waals surface area contributed by atoms with Crippen molar-refractivity contribution in [3.05, 3.63) is 52.6 Å². The lowest BCUT2D eigenvalue weighted by Crippen LogP contribution is -2.48. The molecule has 2 atom stereocenters. The van der Waals surface area contributed by atoms with Gasteiger partial charge in [0.1, 0.15) is 6.54 Å². The van der Waals surface area contributed by atoms with Crippen LogP contribution in [0.4, 0.5) is 0 Å². The molecule has 0 bridgehead atoms. The molecule has 0 amide bonds. The third-order valence-corrected chi connectivity index (χ3v) is 6.13. The molecule has 4 rings (SSSR count). The first-order valence-electron chi connectivity index (χ1n) is 10.4. The molecule has 0 spiro atoms. The lowest BCUT2D eigenvalue weighted by molar-refractivity contribution is -0.0334. The molecular weight excluding hydrogens is 525 g/mol. The molecule has 1 saturated heterocycles. The van der Waals surface area contributed by atoms with E-state index in [9.17, 15) is 0 Å². The minimum Gasteiger partial charge on any atom is -0.376 e. The number of aromatic nitrogens is 3. The third kappa shape index (κ3) is 6.15. The first-order valence-corrected chi connectivity index (χ1v) is 11.3. The predicted molar refractivity (Wildman–Crippen MR) is 135 cm³/mol. The zero-order valence-electron chi connectivity index (χ0n) is 17.9. The highest BCUT2D eigenvalue weighted by Gasteiger charge is 2.26. The summed E-state index contributed by atoms with van der Waals surface area (Å²) in [5.74, 6) is 1.60.